The summed E-state index contributed by atoms with van der Waals surface area (Å²) in [6.45, 7) is 14.7. The normalized spacial score (nSPS) is 21.1. The van der Waals surface area contributed by atoms with Crippen LogP contribution in [0.2, 0.25) is 0 Å². The van der Waals surface area contributed by atoms with Crippen molar-refractivity contribution in [1.82, 2.24) is 10.2 Å². The molecule has 0 saturated carbocycles. The molecule has 0 aliphatic carbocycles. The molecular formula is C28H38N2O3. The lowest BCUT2D eigenvalue weighted by atomic mass is 9.66. The van der Waals surface area contributed by atoms with Crippen molar-refractivity contribution in [1.29, 1.82) is 0 Å². The number of amides is 2. The standard InChI is InChI=1S/C28H38N2O3/c1-18(2)24(29-25(31)23-10-8-9-20(4)21(23)5)26(32)30-16-15-28(33,27(6,7)17-30)22-13-11-19(3)12-14-22/h8-14,18,24,33H,15-17H2,1-7H3,(H,29,31)/t24-,28+/m1/s1. The molecule has 2 atom stereocenters. The smallest absolute Gasteiger partial charge is 0.252 e. The number of rotatable bonds is 5. The van der Waals surface area contributed by atoms with E-state index < -0.39 is 17.1 Å². The van der Waals surface area contributed by atoms with E-state index in [0.29, 0.717) is 25.1 Å². The fourth-order valence-corrected chi connectivity index (χ4v) is 4.80. The molecule has 1 aliphatic heterocycles. The van der Waals surface area contributed by atoms with Crippen LogP contribution in [0.5, 0.6) is 0 Å². The summed E-state index contributed by atoms with van der Waals surface area (Å²) in [6, 6.07) is 13.0. The van der Waals surface area contributed by atoms with E-state index >= 15 is 0 Å². The highest BCUT2D eigenvalue weighted by Crippen LogP contribution is 2.46. The predicted octanol–water partition coefficient (Wildman–Crippen LogP) is 4.51. The lowest BCUT2D eigenvalue weighted by Gasteiger charge is -2.51. The summed E-state index contributed by atoms with van der Waals surface area (Å²) in [4.78, 5) is 28.4. The zero-order chi connectivity index (χ0) is 24.6. The highest BCUT2D eigenvalue weighted by atomic mass is 16.3. The number of aryl methyl sites for hydroxylation is 2. The van der Waals surface area contributed by atoms with Gasteiger partial charge in [-0.1, -0.05) is 69.7 Å². The van der Waals surface area contributed by atoms with Crippen molar-refractivity contribution < 1.29 is 14.7 Å². The van der Waals surface area contributed by atoms with Crippen molar-refractivity contribution in [3.8, 4) is 0 Å². The third kappa shape index (κ3) is 4.84. The minimum absolute atomic E-state index is 0.0624. The number of likely N-dealkylation sites (tertiary alicyclic amines) is 1. The fraction of sp³-hybridized carbons (Fsp3) is 0.500. The van der Waals surface area contributed by atoms with Gasteiger partial charge >= 0.3 is 0 Å². The molecule has 178 valence electrons. The lowest BCUT2D eigenvalue weighted by molar-refractivity contribution is -0.155. The van der Waals surface area contributed by atoms with Gasteiger partial charge in [-0.05, 0) is 55.9 Å². The van der Waals surface area contributed by atoms with Gasteiger partial charge in [-0.3, -0.25) is 9.59 Å². The molecule has 1 aliphatic rings. The largest absolute Gasteiger partial charge is 0.384 e. The first-order valence-electron chi connectivity index (χ1n) is 11.8. The zero-order valence-corrected chi connectivity index (χ0v) is 21.0. The van der Waals surface area contributed by atoms with Crippen LogP contribution >= 0.6 is 0 Å². The predicted molar refractivity (Wildman–Crippen MR) is 132 cm³/mol. The summed E-state index contributed by atoms with van der Waals surface area (Å²) in [5.41, 5.74) is 3.03. The van der Waals surface area contributed by atoms with Gasteiger partial charge in [-0.15, -0.1) is 0 Å². The van der Waals surface area contributed by atoms with Crippen LogP contribution in [0.3, 0.4) is 0 Å². The van der Waals surface area contributed by atoms with E-state index in [1.54, 1.807) is 11.0 Å². The molecule has 3 rings (SSSR count). The second kappa shape index (κ2) is 9.30. The summed E-state index contributed by atoms with van der Waals surface area (Å²) in [7, 11) is 0. The van der Waals surface area contributed by atoms with Crippen LogP contribution in [0.4, 0.5) is 0 Å². The number of carbonyl (C=O) groups excluding carboxylic acids is 2. The van der Waals surface area contributed by atoms with E-state index in [1.165, 1.54) is 0 Å². The topological polar surface area (TPSA) is 69.6 Å². The Morgan fingerprint density at radius 2 is 1.67 bits per heavy atom. The number of hydrogen-bond acceptors (Lipinski definition) is 3. The van der Waals surface area contributed by atoms with Gasteiger partial charge in [-0.2, -0.15) is 0 Å². The number of benzene rings is 2. The van der Waals surface area contributed by atoms with Crippen LogP contribution in [-0.4, -0.2) is 41.0 Å². The van der Waals surface area contributed by atoms with Gasteiger partial charge in [0.25, 0.3) is 5.91 Å². The Morgan fingerprint density at radius 1 is 1.03 bits per heavy atom. The highest BCUT2D eigenvalue weighted by molar-refractivity contribution is 5.99. The van der Waals surface area contributed by atoms with Crippen LogP contribution in [-0.2, 0) is 10.4 Å². The van der Waals surface area contributed by atoms with Gasteiger partial charge in [0.15, 0.2) is 0 Å². The van der Waals surface area contributed by atoms with Crippen molar-refractivity contribution in [2.45, 2.75) is 66.5 Å². The molecule has 1 heterocycles. The fourth-order valence-electron chi connectivity index (χ4n) is 4.80. The van der Waals surface area contributed by atoms with Gasteiger partial charge in [0.2, 0.25) is 5.91 Å². The van der Waals surface area contributed by atoms with E-state index in [9.17, 15) is 14.7 Å². The van der Waals surface area contributed by atoms with Gasteiger partial charge in [0, 0.05) is 24.1 Å². The van der Waals surface area contributed by atoms with E-state index in [2.05, 4.69) is 5.32 Å². The molecule has 0 spiro atoms. The highest BCUT2D eigenvalue weighted by Gasteiger charge is 2.50. The Labute approximate surface area is 198 Å². The first-order valence-corrected chi connectivity index (χ1v) is 11.8. The van der Waals surface area contributed by atoms with Crippen LogP contribution in [0, 0.1) is 32.1 Å². The Balaban J connectivity index is 1.79. The third-order valence-corrected chi connectivity index (χ3v) is 7.36. The molecule has 2 aromatic carbocycles. The molecule has 0 bridgehead atoms. The average Bonchev–Trinajstić information content (AvgIpc) is 2.75. The van der Waals surface area contributed by atoms with E-state index in [0.717, 1.165) is 22.3 Å². The Kier molecular flexibility index (Phi) is 7.04. The molecule has 1 fully saturated rings. The molecule has 33 heavy (non-hydrogen) atoms. The van der Waals surface area contributed by atoms with Gasteiger partial charge < -0.3 is 15.3 Å². The quantitative estimate of drug-likeness (QED) is 0.704. The molecule has 0 aromatic heterocycles. The first-order chi connectivity index (χ1) is 15.4. The number of hydrogen-bond donors (Lipinski definition) is 2. The zero-order valence-electron chi connectivity index (χ0n) is 21.0. The molecule has 5 nitrogen and oxygen atoms in total. The molecular weight excluding hydrogens is 412 g/mol. The average molecular weight is 451 g/mol. The maximum absolute atomic E-state index is 13.6. The molecule has 1 saturated heterocycles. The molecule has 2 N–H and O–H groups in total. The molecule has 2 aromatic rings. The van der Waals surface area contributed by atoms with Gasteiger partial charge in [-0.25, -0.2) is 0 Å². The summed E-state index contributed by atoms with van der Waals surface area (Å²) in [6.07, 6.45) is 0.449. The monoisotopic (exact) mass is 450 g/mol. The Hall–Kier alpha value is -2.66. The summed E-state index contributed by atoms with van der Waals surface area (Å²) in [5.74, 6) is -0.383. The minimum Gasteiger partial charge on any atom is -0.384 e. The van der Waals surface area contributed by atoms with E-state index in [4.69, 9.17) is 0 Å². The number of piperidine rings is 1. The van der Waals surface area contributed by atoms with Crippen LogP contribution in [0.25, 0.3) is 0 Å². The number of carbonyl (C=O) groups is 2. The SMILES string of the molecule is Cc1ccc([C@@]2(O)CCN(C(=O)[C@H](NC(=O)c3cccc(C)c3C)C(C)C)CC2(C)C)cc1. The Morgan fingerprint density at radius 3 is 2.24 bits per heavy atom. The summed E-state index contributed by atoms with van der Waals surface area (Å²) < 4.78 is 0. The number of nitrogens with one attached hydrogen (secondary N) is 1. The van der Waals surface area contributed by atoms with Crippen LogP contribution in [0.15, 0.2) is 42.5 Å². The molecule has 0 radical (unpaired) electrons. The maximum atomic E-state index is 13.6. The molecule has 5 heteroatoms. The minimum atomic E-state index is -1.02. The first kappa shape index (κ1) is 25.0. The lowest BCUT2D eigenvalue weighted by Crippen LogP contribution is -2.60. The van der Waals surface area contributed by atoms with Crippen molar-refractivity contribution in [3.63, 3.8) is 0 Å². The number of nitrogens with zero attached hydrogens (tertiary/aromatic N) is 1. The second-order valence-electron chi connectivity index (χ2n) is 10.6. The van der Waals surface area contributed by atoms with Crippen molar-refractivity contribution in [2.24, 2.45) is 11.3 Å². The summed E-state index contributed by atoms with van der Waals surface area (Å²) in [5, 5.41) is 14.6. The van der Waals surface area contributed by atoms with Gasteiger partial charge in [0.05, 0.1) is 5.60 Å². The molecule has 0 unspecified atom stereocenters. The van der Waals surface area contributed by atoms with Crippen LogP contribution < -0.4 is 5.32 Å². The van der Waals surface area contributed by atoms with Gasteiger partial charge in [0.1, 0.15) is 6.04 Å². The van der Waals surface area contributed by atoms with Crippen molar-refractivity contribution >= 4 is 11.8 Å². The maximum Gasteiger partial charge on any atom is 0.252 e. The van der Waals surface area contributed by atoms with Crippen LogP contribution in [0.1, 0.15) is 66.7 Å². The third-order valence-electron chi connectivity index (χ3n) is 7.36. The molecule has 2 amide bonds. The van der Waals surface area contributed by atoms with Crippen molar-refractivity contribution in [2.75, 3.05) is 13.1 Å². The van der Waals surface area contributed by atoms with E-state index in [1.807, 2.05) is 84.9 Å². The Bertz CT molecular complexity index is 1030. The summed E-state index contributed by atoms with van der Waals surface area (Å²) >= 11 is 0. The van der Waals surface area contributed by atoms with E-state index in [-0.39, 0.29) is 17.7 Å². The second-order valence-corrected chi connectivity index (χ2v) is 10.6. The van der Waals surface area contributed by atoms with Crippen molar-refractivity contribution in [3.05, 3.63) is 70.3 Å². The number of aliphatic hydroxyl groups is 1.